The minimum absolute atomic E-state index is 0.128. The van der Waals surface area contributed by atoms with Crippen LogP contribution in [0.15, 0.2) is 52.1 Å². The fourth-order valence-corrected chi connectivity index (χ4v) is 4.22. The van der Waals surface area contributed by atoms with Crippen LogP contribution in [-0.4, -0.2) is 67.4 Å². The first-order valence-electron chi connectivity index (χ1n) is 11.0. The zero-order valence-electron chi connectivity index (χ0n) is 19.2. The van der Waals surface area contributed by atoms with Crippen LogP contribution < -0.4 is 26.0 Å². The maximum absolute atomic E-state index is 12.9. The first-order valence-corrected chi connectivity index (χ1v) is 11.0. The molecule has 1 amide bonds. The van der Waals surface area contributed by atoms with Crippen molar-refractivity contribution in [2.24, 2.45) is 0 Å². The Morgan fingerprint density at radius 2 is 1.82 bits per heavy atom. The van der Waals surface area contributed by atoms with E-state index in [1.165, 1.54) is 4.57 Å². The Morgan fingerprint density at radius 3 is 2.56 bits per heavy atom. The second-order valence-electron chi connectivity index (χ2n) is 7.95. The average molecular weight is 469 g/mol. The lowest BCUT2D eigenvalue weighted by atomic mass is 10.0. The molecule has 3 aromatic rings. The molecule has 180 valence electrons. The number of aromatic amines is 1. The van der Waals surface area contributed by atoms with E-state index in [2.05, 4.69) is 15.2 Å². The number of hydrogen-bond donors (Lipinski definition) is 2. The van der Waals surface area contributed by atoms with Crippen LogP contribution in [0.3, 0.4) is 0 Å². The molecular formula is C24H28N4O6. The topological polar surface area (TPSA) is 115 Å². The van der Waals surface area contributed by atoms with Gasteiger partial charge >= 0.3 is 5.69 Å². The summed E-state index contributed by atoms with van der Waals surface area (Å²) < 4.78 is 17.6. The van der Waals surface area contributed by atoms with Crippen molar-refractivity contribution in [2.75, 3.05) is 47.1 Å². The molecular weight excluding hydrogens is 440 g/mol. The molecule has 10 heteroatoms. The van der Waals surface area contributed by atoms with Crippen molar-refractivity contribution in [3.63, 3.8) is 0 Å². The third kappa shape index (κ3) is 4.97. The molecule has 1 aromatic heterocycles. The lowest BCUT2D eigenvalue weighted by molar-refractivity contribution is -0.122. The molecule has 0 spiro atoms. The molecule has 1 fully saturated rings. The van der Waals surface area contributed by atoms with E-state index >= 15 is 0 Å². The highest BCUT2D eigenvalue weighted by Crippen LogP contribution is 2.32. The summed E-state index contributed by atoms with van der Waals surface area (Å²) in [7, 11) is 3.17. The fourth-order valence-electron chi connectivity index (χ4n) is 4.22. The van der Waals surface area contributed by atoms with Crippen LogP contribution in [0.5, 0.6) is 11.5 Å². The van der Waals surface area contributed by atoms with Crippen molar-refractivity contribution in [1.29, 1.82) is 0 Å². The number of carbonyl (C=O) groups excluding carboxylic acids is 1. The van der Waals surface area contributed by atoms with Crippen molar-refractivity contribution >= 4 is 16.8 Å². The summed E-state index contributed by atoms with van der Waals surface area (Å²) in [6.45, 7) is 2.77. The third-order valence-corrected chi connectivity index (χ3v) is 5.98. The summed E-state index contributed by atoms with van der Waals surface area (Å²) in [6.07, 6.45) is 0. The Morgan fingerprint density at radius 1 is 1.09 bits per heavy atom. The van der Waals surface area contributed by atoms with E-state index in [0.717, 1.165) is 18.7 Å². The normalized spacial score (nSPS) is 15.1. The third-order valence-electron chi connectivity index (χ3n) is 5.98. The van der Waals surface area contributed by atoms with Crippen molar-refractivity contribution in [3.05, 3.63) is 68.9 Å². The van der Waals surface area contributed by atoms with Crippen LogP contribution in [0.4, 0.5) is 0 Å². The highest BCUT2D eigenvalue weighted by Gasteiger charge is 2.24. The van der Waals surface area contributed by atoms with Gasteiger partial charge in [-0.1, -0.05) is 18.2 Å². The van der Waals surface area contributed by atoms with Gasteiger partial charge in [-0.3, -0.25) is 24.0 Å². The monoisotopic (exact) mass is 468 g/mol. The van der Waals surface area contributed by atoms with Crippen LogP contribution in [0, 0.1) is 0 Å². The number of amides is 1. The lowest BCUT2D eigenvalue weighted by Gasteiger charge is -2.35. The molecule has 0 saturated carbocycles. The fraction of sp³-hybridized carbons (Fsp3) is 0.375. The number of benzene rings is 2. The largest absolute Gasteiger partial charge is 0.493 e. The van der Waals surface area contributed by atoms with E-state index < -0.39 is 11.2 Å². The number of nitrogens with zero attached hydrogens (tertiary/aromatic N) is 2. The van der Waals surface area contributed by atoms with Gasteiger partial charge < -0.3 is 19.5 Å². The van der Waals surface area contributed by atoms with Crippen molar-refractivity contribution in [1.82, 2.24) is 19.8 Å². The quantitative estimate of drug-likeness (QED) is 0.505. The van der Waals surface area contributed by atoms with E-state index in [0.29, 0.717) is 42.2 Å². The summed E-state index contributed by atoms with van der Waals surface area (Å²) in [5.41, 5.74) is 0.282. The number of aromatic nitrogens is 2. The predicted molar refractivity (Wildman–Crippen MR) is 127 cm³/mol. The average Bonchev–Trinajstić information content (AvgIpc) is 2.87. The molecule has 1 aliphatic heterocycles. The predicted octanol–water partition coefficient (Wildman–Crippen LogP) is 0.897. The molecule has 10 nitrogen and oxygen atoms in total. The molecule has 0 bridgehead atoms. The number of para-hydroxylation sites is 1. The number of hydrogen-bond acceptors (Lipinski definition) is 7. The van der Waals surface area contributed by atoms with E-state index in [9.17, 15) is 14.4 Å². The molecule has 1 saturated heterocycles. The molecule has 1 aliphatic rings. The second kappa shape index (κ2) is 10.5. The van der Waals surface area contributed by atoms with Gasteiger partial charge in [0.15, 0.2) is 11.5 Å². The van der Waals surface area contributed by atoms with Crippen LogP contribution in [0.25, 0.3) is 10.9 Å². The van der Waals surface area contributed by atoms with Gasteiger partial charge in [0, 0.05) is 19.6 Å². The molecule has 34 heavy (non-hydrogen) atoms. The number of morpholine rings is 1. The summed E-state index contributed by atoms with van der Waals surface area (Å²) >= 11 is 0. The van der Waals surface area contributed by atoms with Gasteiger partial charge in [0.25, 0.3) is 5.56 Å². The molecule has 0 aliphatic carbocycles. The minimum atomic E-state index is -0.622. The first-order chi connectivity index (χ1) is 16.5. The Bertz CT molecular complexity index is 1280. The van der Waals surface area contributed by atoms with Gasteiger partial charge in [0.05, 0.1) is 44.4 Å². The van der Waals surface area contributed by atoms with Gasteiger partial charge in [0.2, 0.25) is 5.91 Å². The Hall–Kier alpha value is -3.63. The van der Waals surface area contributed by atoms with Gasteiger partial charge in [0.1, 0.15) is 6.54 Å². The maximum Gasteiger partial charge on any atom is 0.329 e. The smallest absolute Gasteiger partial charge is 0.329 e. The zero-order chi connectivity index (χ0) is 24.1. The van der Waals surface area contributed by atoms with Crippen LogP contribution >= 0.6 is 0 Å². The SMILES string of the molecule is COc1ccc(C(CNC(=O)Cn2c(=O)[nH]c(=O)c3ccccc32)N2CCOCC2)cc1OC. The molecule has 2 N–H and O–H groups in total. The van der Waals surface area contributed by atoms with Gasteiger partial charge in [-0.25, -0.2) is 4.79 Å². The maximum atomic E-state index is 12.9. The molecule has 1 atom stereocenters. The Balaban J connectivity index is 1.55. The number of rotatable bonds is 8. The first kappa shape index (κ1) is 23.5. The van der Waals surface area contributed by atoms with Gasteiger partial charge in [-0.05, 0) is 29.8 Å². The van der Waals surface area contributed by atoms with Gasteiger partial charge in [-0.2, -0.15) is 0 Å². The Kier molecular flexibility index (Phi) is 7.29. The number of H-pyrrole nitrogens is 1. The highest BCUT2D eigenvalue weighted by atomic mass is 16.5. The zero-order valence-corrected chi connectivity index (χ0v) is 19.2. The number of fused-ring (bicyclic) bond motifs is 1. The number of methoxy groups -OCH3 is 2. The molecule has 4 rings (SSSR count). The molecule has 2 heterocycles. The van der Waals surface area contributed by atoms with Gasteiger partial charge in [-0.15, -0.1) is 0 Å². The van der Waals surface area contributed by atoms with E-state index in [1.807, 2.05) is 18.2 Å². The lowest BCUT2D eigenvalue weighted by Crippen LogP contribution is -2.44. The van der Waals surface area contributed by atoms with E-state index in [-0.39, 0.29) is 18.5 Å². The minimum Gasteiger partial charge on any atom is -0.493 e. The van der Waals surface area contributed by atoms with Crippen LogP contribution in [0.2, 0.25) is 0 Å². The van der Waals surface area contributed by atoms with Crippen LogP contribution in [-0.2, 0) is 16.1 Å². The number of ether oxygens (including phenoxy) is 3. The highest BCUT2D eigenvalue weighted by molar-refractivity contribution is 5.81. The molecule has 1 unspecified atom stereocenters. The van der Waals surface area contributed by atoms with E-state index in [1.54, 1.807) is 38.5 Å². The van der Waals surface area contributed by atoms with Crippen molar-refractivity contribution in [3.8, 4) is 11.5 Å². The molecule has 0 radical (unpaired) electrons. The van der Waals surface area contributed by atoms with Crippen molar-refractivity contribution < 1.29 is 19.0 Å². The number of nitrogens with one attached hydrogen (secondary N) is 2. The summed E-state index contributed by atoms with van der Waals surface area (Å²) in [4.78, 5) is 41.9. The standard InChI is InChI=1S/C24H28N4O6/c1-32-20-8-7-16(13-21(20)33-2)19(27-9-11-34-12-10-27)14-25-22(29)15-28-18-6-4-3-5-17(18)23(30)26-24(28)31/h3-8,13,19H,9-12,14-15H2,1-2H3,(H,25,29)(H,26,30,31). The van der Waals surface area contributed by atoms with Crippen LogP contribution in [0.1, 0.15) is 11.6 Å². The summed E-state index contributed by atoms with van der Waals surface area (Å²) in [5.74, 6) is 0.897. The summed E-state index contributed by atoms with van der Waals surface area (Å²) in [6, 6.07) is 12.3. The number of carbonyl (C=O) groups is 1. The Labute approximate surface area is 196 Å². The van der Waals surface area contributed by atoms with Crippen molar-refractivity contribution in [2.45, 2.75) is 12.6 Å². The second-order valence-corrected chi connectivity index (χ2v) is 7.95. The summed E-state index contributed by atoms with van der Waals surface area (Å²) in [5, 5.41) is 3.31. The van der Waals surface area contributed by atoms with E-state index in [4.69, 9.17) is 14.2 Å². The molecule has 2 aromatic carbocycles.